The molecule has 0 atom stereocenters. The summed E-state index contributed by atoms with van der Waals surface area (Å²) >= 11 is 1.55. The Bertz CT molecular complexity index is 644. The Morgan fingerprint density at radius 3 is 2.76 bits per heavy atom. The molecular formula is C16H18N2O2S. The predicted molar refractivity (Wildman–Crippen MR) is 82.8 cm³/mol. The fraction of sp³-hybridized carbons (Fsp3) is 0.375. The Kier molecular flexibility index (Phi) is 5.18. The van der Waals surface area contributed by atoms with Gasteiger partial charge in [-0.15, -0.1) is 11.3 Å². The molecule has 0 spiro atoms. The van der Waals surface area contributed by atoms with E-state index in [9.17, 15) is 0 Å². The minimum atomic E-state index is 0.315. The first-order valence-corrected chi connectivity index (χ1v) is 7.58. The van der Waals surface area contributed by atoms with Gasteiger partial charge < -0.3 is 9.47 Å². The topological polar surface area (TPSA) is 55.1 Å². The highest BCUT2D eigenvalue weighted by Crippen LogP contribution is 2.27. The number of benzene rings is 1. The third-order valence-corrected chi connectivity index (χ3v) is 4.01. The van der Waals surface area contributed by atoms with E-state index in [1.165, 1.54) is 0 Å². The van der Waals surface area contributed by atoms with Crippen LogP contribution in [0.2, 0.25) is 0 Å². The van der Waals surface area contributed by atoms with Crippen molar-refractivity contribution in [3.05, 3.63) is 39.8 Å². The van der Waals surface area contributed by atoms with E-state index in [4.69, 9.17) is 14.7 Å². The second kappa shape index (κ2) is 7.09. The molecule has 0 aliphatic carbocycles. The van der Waals surface area contributed by atoms with Gasteiger partial charge in [0.2, 0.25) is 0 Å². The number of ether oxygens (including phenoxy) is 2. The van der Waals surface area contributed by atoms with Gasteiger partial charge in [0, 0.05) is 10.9 Å². The van der Waals surface area contributed by atoms with Gasteiger partial charge in [0.15, 0.2) is 0 Å². The van der Waals surface area contributed by atoms with Gasteiger partial charge in [0.1, 0.15) is 23.1 Å². The largest absolute Gasteiger partial charge is 0.497 e. The summed E-state index contributed by atoms with van der Waals surface area (Å²) in [6.07, 6.45) is 0.407. The fourth-order valence-electron chi connectivity index (χ4n) is 1.96. The zero-order chi connectivity index (χ0) is 15.2. The molecule has 1 aromatic heterocycles. The maximum absolute atomic E-state index is 8.88. The molecule has 2 aromatic rings. The van der Waals surface area contributed by atoms with Gasteiger partial charge in [-0.25, -0.2) is 4.98 Å². The van der Waals surface area contributed by atoms with Crippen molar-refractivity contribution in [3.63, 3.8) is 0 Å². The van der Waals surface area contributed by atoms with Crippen LogP contribution in [-0.4, -0.2) is 12.1 Å². The number of hydrogen-bond acceptors (Lipinski definition) is 5. The van der Waals surface area contributed by atoms with Crippen molar-refractivity contribution in [2.75, 3.05) is 7.11 Å². The van der Waals surface area contributed by atoms with E-state index in [0.717, 1.165) is 27.1 Å². The molecule has 4 nitrogen and oxygen atoms in total. The molecule has 21 heavy (non-hydrogen) atoms. The highest BCUT2D eigenvalue weighted by Gasteiger charge is 2.14. The second-order valence-corrected chi connectivity index (χ2v) is 6.04. The first-order chi connectivity index (χ1) is 10.1. The fourth-order valence-corrected chi connectivity index (χ4v) is 3.03. The monoisotopic (exact) mass is 302 g/mol. The van der Waals surface area contributed by atoms with Crippen LogP contribution in [0.4, 0.5) is 0 Å². The molecule has 0 bridgehead atoms. The van der Waals surface area contributed by atoms with Crippen molar-refractivity contribution in [1.82, 2.24) is 4.98 Å². The van der Waals surface area contributed by atoms with Crippen LogP contribution >= 0.6 is 11.3 Å². The van der Waals surface area contributed by atoms with Crippen LogP contribution in [0.15, 0.2) is 24.3 Å². The molecule has 110 valence electrons. The van der Waals surface area contributed by atoms with Crippen LogP contribution < -0.4 is 9.47 Å². The molecule has 0 aliphatic rings. The van der Waals surface area contributed by atoms with E-state index < -0.39 is 0 Å². The van der Waals surface area contributed by atoms with E-state index in [2.05, 4.69) is 24.9 Å². The molecule has 0 radical (unpaired) electrons. The molecular weight excluding hydrogens is 284 g/mol. The number of rotatable bonds is 6. The van der Waals surface area contributed by atoms with Crippen LogP contribution in [0.5, 0.6) is 11.5 Å². The first-order valence-electron chi connectivity index (χ1n) is 6.76. The van der Waals surface area contributed by atoms with E-state index in [-0.39, 0.29) is 0 Å². The molecule has 0 saturated carbocycles. The molecule has 0 unspecified atom stereocenters. The molecule has 0 saturated heterocycles. The Morgan fingerprint density at radius 2 is 2.10 bits per heavy atom. The summed E-state index contributed by atoms with van der Waals surface area (Å²) in [4.78, 5) is 5.64. The molecule has 0 aliphatic heterocycles. The molecule has 2 rings (SSSR count). The summed E-state index contributed by atoms with van der Waals surface area (Å²) in [5.41, 5.74) is 1.01. The van der Waals surface area contributed by atoms with Gasteiger partial charge in [0.25, 0.3) is 0 Å². The standard InChI is InChI=1S/C16H18N2O2S/c1-11(2)16-14(7-8-17)21-15(18-16)10-20-13-6-4-5-12(9-13)19-3/h4-6,9,11H,7,10H2,1-3H3. The van der Waals surface area contributed by atoms with Crippen molar-refractivity contribution in [1.29, 1.82) is 5.26 Å². The van der Waals surface area contributed by atoms with Gasteiger partial charge in [-0.2, -0.15) is 5.26 Å². The van der Waals surface area contributed by atoms with Crippen molar-refractivity contribution in [3.8, 4) is 17.6 Å². The minimum Gasteiger partial charge on any atom is -0.497 e. The van der Waals surface area contributed by atoms with Gasteiger partial charge in [0.05, 0.1) is 25.3 Å². The van der Waals surface area contributed by atoms with Crippen LogP contribution in [0.1, 0.15) is 35.3 Å². The first kappa shape index (κ1) is 15.3. The lowest BCUT2D eigenvalue weighted by molar-refractivity contribution is 0.302. The predicted octanol–water partition coefficient (Wildman–Crippen LogP) is 3.92. The molecule has 0 amide bonds. The van der Waals surface area contributed by atoms with Crippen LogP contribution in [-0.2, 0) is 13.0 Å². The Labute approximate surface area is 129 Å². The molecule has 1 aromatic carbocycles. The van der Waals surface area contributed by atoms with Gasteiger partial charge in [-0.3, -0.25) is 0 Å². The van der Waals surface area contributed by atoms with Crippen LogP contribution in [0.25, 0.3) is 0 Å². The smallest absolute Gasteiger partial charge is 0.140 e. The van der Waals surface area contributed by atoms with Crippen LogP contribution in [0.3, 0.4) is 0 Å². The highest BCUT2D eigenvalue weighted by molar-refractivity contribution is 7.11. The number of nitriles is 1. The lowest BCUT2D eigenvalue weighted by atomic mass is 10.1. The zero-order valence-electron chi connectivity index (χ0n) is 12.4. The van der Waals surface area contributed by atoms with E-state index in [1.54, 1.807) is 18.4 Å². The zero-order valence-corrected chi connectivity index (χ0v) is 13.2. The lowest BCUT2D eigenvalue weighted by Gasteiger charge is -2.05. The summed E-state index contributed by atoms with van der Waals surface area (Å²) in [5, 5.41) is 9.78. The Morgan fingerprint density at radius 1 is 1.33 bits per heavy atom. The van der Waals surface area contributed by atoms with Gasteiger partial charge >= 0.3 is 0 Å². The minimum absolute atomic E-state index is 0.315. The summed E-state index contributed by atoms with van der Waals surface area (Å²) in [6.45, 7) is 4.58. The number of thiazole rings is 1. The molecule has 0 fully saturated rings. The maximum Gasteiger partial charge on any atom is 0.140 e. The average Bonchev–Trinajstić information content (AvgIpc) is 2.89. The van der Waals surface area contributed by atoms with Crippen LogP contribution in [0, 0.1) is 11.3 Å². The van der Waals surface area contributed by atoms with E-state index >= 15 is 0 Å². The number of hydrogen-bond donors (Lipinski definition) is 0. The SMILES string of the molecule is COc1cccc(OCc2nc(C(C)C)c(CC#N)s2)c1. The quantitative estimate of drug-likeness (QED) is 0.811. The van der Waals surface area contributed by atoms with Crippen molar-refractivity contribution >= 4 is 11.3 Å². The summed E-state index contributed by atoms with van der Waals surface area (Å²) in [7, 11) is 1.63. The maximum atomic E-state index is 8.88. The molecule has 5 heteroatoms. The lowest BCUT2D eigenvalue weighted by Crippen LogP contribution is -1.97. The molecule has 1 heterocycles. The number of methoxy groups -OCH3 is 1. The van der Waals surface area contributed by atoms with Crippen molar-refractivity contribution in [2.45, 2.75) is 32.8 Å². The third-order valence-electron chi connectivity index (χ3n) is 2.96. The summed E-state index contributed by atoms with van der Waals surface area (Å²) in [6, 6.07) is 9.68. The van der Waals surface area contributed by atoms with E-state index in [0.29, 0.717) is 18.9 Å². The van der Waals surface area contributed by atoms with Gasteiger partial charge in [-0.1, -0.05) is 19.9 Å². The second-order valence-electron chi connectivity index (χ2n) is 4.87. The summed E-state index contributed by atoms with van der Waals surface area (Å²) < 4.78 is 10.9. The number of nitrogens with zero attached hydrogens (tertiary/aromatic N) is 2. The Balaban J connectivity index is 2.09. The normalized spacial score (nSPS) is 10.4. The Hall–Kier alpha value is -2.06. The summed E-state index contributed by atoms with van der Waals surface area (Å²) in [5.74, 6) is 1.83. The average molecular weight is 302 g/mol. The van der Waals surface area contributed by atoms with Crippen molar-refractivity contribution < 1.29 is 9.47 Å². The highest BCUT2D eigenvalue weighted by atomic mass is 32.1. The van der Waals surface area contributed by atoms with E-state index in [1.807, 2.05) is 24.3 Å². The third kappa shape index (κ3) is 3.96. The van der Waals surface area contributed by atoms with Gasteiger partial charge in [-0.05, 0) is 18.1 Å². The molecule has 0 N–H and O–H groups in total. The van der Waals surface area contributed by atoms with Crippen molar-refractivity contribution in [2.24, 2.45) is 0 Å². The number of aromatic nitrogens is 1.